The van der Waals surface area contributed by atoms with Gasteiger partial charge in [-0.2, -0.15) is 0 Å². The Hall–Kier alpha value is -2.41. The van der Waals surface area contributed by atoms with Gasteiger partial charge >= 0.3 is 11.9 Å². The molecule has 0 saturated heterocycles. The summed E-state index contributed by atoms with van der Waals surface area (Å²) in [5.41, 5.74) is 1.72. The summed E-state index contributed by atoms with van der Waals surface area (Å²) in [6, 6.07) is 0. The topological polar surface area (TPSA) is 84.0 Å². The molecule has 0 atom stereocenters. The first kappa shape index (κ1) is 17.0. The van der Waals surface area contributed by atoms with Gasteiger partial charge in [-0.25, -0.2) is 9.59 Å². The molecule has 1 aliphatic rings. The van der Waals surface area contributed by atoms with E-state index in [-0.39, 0.29) is 12.2 Å². The lowest BCUT2D eigenvalue weighted by atomic mass is 10.0. The van der Waals surface area contributed by atoms with Gasteiger partial charge in [-0.1, -0.05) is 0 Å². The van der Waals surface area contributed by atoms with Crippen molar-refractivity contribution in [2.75, 3.05) is 14.2 Å². The van der Waals surface area contributed by atoms with Crippen molar-refractivity contribution in [3.63, 3.8) is 0 Å². The first-order valence-electron chi connectivity index (χ1n) is 6.99. The molecular formula is C16H19NO6. The molecule has 7 heteroatoms. The highest BCUT2D eigenvalue weighted by atomic mass is 16.7. The number of carbonyl (C=O) groups is 2. The van der Waals surface area contributed by atoms with E-state index in [0.717, 1.165) is 0 Å². The maximum absolute atomic E-state index is 11.8. The first-order valence-corrected chi connectivity index (χ1v) is 6.99. The van der Waals surface area contributed by atoms with Crippen molar-refractivity contribution in [1.82, 2.24) is 4.98 Å². The summed E-state index contributed by atoms with van der Waals surface area (Å²) in [5, 5.41) is 0. The van der Waals surface area contributed by atoms with Crippen molar-refractivity contribution in [1.29, 1.82) is 0 Å². The van der Waals surface area contributed by atoms with Crippen LogP contribution >= 0.6 is 0 Å². The number of aromatic nitrogens is 1. The zero-order valence-corrected chi connectivity index (χ0v) is 13.8. The Balaban J connectivity index is 2.54. The molecule has 1 aromatic heterocycles. The molecule has 23 heavy (non-hydrogen) atoms. The van der Waals surface area contributed by atoms with Gasteiger partial charge in [0.25, 0.3) is 0 Å². The van der Waals surface area contributed by atoms with Crippen molar-refractivity contribution >= 4 is 18.0 Å². The number of rotatable bonds is 3. The van der Waals surface area contributed by atoms with E-state index < -0.39 is 17.7 Å². The van der Waals surface area contributed by atoms with Gasteiger partial charge in [-0.05, 0) is 13.0 Å². The summed E-state index contributed by atoms with van der Waals surface area (Å²) >= 11 is 0. The van der Waals surface area contributed by atoms with Crippen LogP contribution in [-0.2, 0) is 30.4 Å². The minimum atomic E-state index is -0.788. The lowest BCUT2D eigenvalue weighted by Gasteiger charge is -2.33. The molecule has 0 N–H and O–H groups in total. The summed E-state index contributed by atoms with van der Waals surface area (Å²) in [6.45, 7) is 5.68. The van der Waals surface area contributed by atoms with Crippen LogP contribution in [0.15, 0.2) is 11.8 Å². The molecule has 7 nitrogen and oxygen atoms in total. The van der Waals surface area contributed by atoms with Crippen LogP contribution in [0.2, 0.25) is 0 Å². The zero-order chi connectivity index (χ0) is 17.2. The average Bonchev–Trinajstić information content (AvgIpc) is 2.52. The quantitative estimate of drug-likeness (QED) is 0.363. The van der Waals surface area contributed by atoms with Gasteiger partial charge in [0.15, 0.2) is 0 Å². The molecule has 1 aromatic rings. The van der Waals surface area contributed by atoms with Gasteiger partial charge in [-0.3, -0.25) is 4.98 Å². The van der Waals surface area contributed by atoms with Gasteiger partial charge in [0, 0.05) is 31.2 Å². The van der Waals surface area contributed by atoms with E-state index >= 15 is 0 Å². The first-order chi connectivity index (χ1) is 10.8. The second kappa shape index (κ2) is 6.37. The number of fused-ring (bicyclic) bond motifs is 1. The number of nitrogens with zero attached hydrogens (tertiary/aromatic N) is 1. The molecule has 0 amide bonds. The molecule has 0 aromatic carbocycles. The number of hydrogen-bond acceptors (Lipinski definition) is 7. The Bertz CT molecular complexity index is 659. The maximum atomic E-state index is 11.8. The van der Waals surface area contributed by atoms with Crippen LogP contribution < -0.4 is 4.74 Å². The highest BCUT2D eigenvalue weighted by Gasteiger charge is 2.31. The third kappa shape index (κ3) is 3.50. The summed E-state index contributed by atoms with van der Waals surface area (Å²) in [5.74, 6) is -1.76. The van der Waals surface area contributed by atoms with Crippen LogP contribution in [0.5, 0.6) is 5.75 Å². The van der Waals surface area contributed by atoms with Crippen molar-refractivity contribution < 1.29 is 28.5 Å². The lowest BCUT2D eigenvalue weighted by molar-refractivity contribution is -0.180. The van der Waals surface area contributed by atoms with Crippen molar-refractivity contribution in [2.45, 2.75) is 33.2 Å². The monoisotopic (exact) mass is 321 g/mol. The molecule has 0 unspecified atom stereocenters. The Labute approximate surface area is 134 Å². The average molecular weight is 321 g/mol. The van der Waals surface area contributed by atoms with Gasteiger partial charge in [0.05, 0.1) is 26.5 Å². The smallest absolute Gasteiger partial charge is 0.345 e. The number of esters is 2. The molecular weight excluding hydrogens is 302 g/mol. The second-order valence-corrected chi connectivity index (χ2v) is 5.44. The van der Waals surface area contributed by atoms with Crippen LogP contribution in [0.3, 0.4) is 0 Å². The van der Waals surface area contributed by atoms with Crippen molar-refractivity contribution in [2.24, 2.45) is 0 Å². The molecule has 1 aliphatic heterocycles. The van der Waals surface area contributed by atoms with Crippen molar-refractivity contribution in [3.05, 3.63) is 28.6 Å². The Morgan fingerprint density at radius 1 is 1.26 bits per heavy atom. The van der Waals surface area contributed by atoms with E-state index in [9.17, 15) is 9.59 Å². The van der Waals surface area contributed by atoms with Crippen LogP contribution in [-0.4, -0.2) is 36.9 Å². The number of hydrogen-bond donors (Lipinski definition) is 0. The highest BCUT2D eigenvalue weighted by molar-refractivity contribution is 6.17. The number of carbonyl (C=O) groups excluding carboxylic acids is 2. The van der Waals surface area contributed by atoms with Crippen LogP contribution in [0.4, 0.5) is 0 Å². The molecule has 0 saturated carbocycles. The Morgan fingerprint density at radius 3 is 2.43 bits per heavy atom. The molecule has 0 radical (unpaired) electrons. The summed E-state index contributed by atoms with van der Waals surface area (Å²) < 4.78 is 20.7. The Morgan fingerprint density at radius 2 is 1.87 bits per heavy atom. The fraction of sp³-hybridized carbons (Fsp3) is 0.438. The van der Waals surface area contributed by atoms with Crippen LogP contribution in [0, 0.1) is 6.92 Å². The van der Waals surface area contributed by atoms with Crippen molar-refractivity contribution in [3.8, 4) is 5.75 Å². The number of pyridine rings is 1. The van der Waals surface area contributed by atoms with Gasteiger partial charge < -0.3 is 18.9 Å². The zero-order valence-electron chi connectivity index (χ0n) is 13.8. The van der Waals surface area contributed by atoms with E-state index in [1.165, 1.54) is 20.3 Å². The fourth-order valence-electron chi connectivity index (χ4n) is 2.16. The summed E-state index contributed by atoms with van der Waals surface area (Å²) in [4.78, 5) is 27.8. The van der Waals surface area contributed by atoms with E-state index in [4.69, 9.17) is 9.47 Å². The maximum Gasteiger partial charge on any atom is 0.345 e. The van der Waals surface area contributed by atoms with Crippen LogP contribution in [0.25, 0.3) is 6.08 Å². The van der Waals surface area contributed by atoms with E-state index in [1.54, 1.807) is 20.0 Å². The fourth-order valence-corrected chi connectivity index (χ4v) is 2.16. The summed E-state index contributed by atoms with van der Waals surface area (Å²) in [6.07, 6.45) is 2.92. The molecule has 2 rings (SSSR count). The number of aryl methyl sites for hydroxylation is 1. The number of methoxy groups -OCH3 is 2. The molecule has 0 bridgehead atoms. The van der Waals surface area contributed by atoms with E-state index in [1.807, 2.05) is 6.92 Å². The summed E-state index contributed by atoms with van der Waals surface area (Å²) in [7, 11) is 2.38. The third-order valence-electron chi connectivity index (χ3n) is 3.37. The standard InChI is InChI=1S/C16H19NO6/c1-9-13-12(8-22-16(2,3)23-13)10(7-17-9)6-11(14(18)20-4)15(19)21-5/h6-7H,8H2,1-5H3. The predicted octanol–water partition coefficient (Wildman–Crippen LogP) is 1.76. The second-order valence-electron chi connectivity index (χ2n) is 5.44. The molecule has 0 fully saturated rings. The van der Waals surface area contributed by atoms with Gasteiger partial charge in [0.1, 0.15) is 11.3 Å². The minimum absolute atomic E-state index is 0.229. The van der Waals surface area contributed by atoms with Gasteiger partial charge in [-0.15, -0.1) is 0 Å². The van der Waals surface area contributed by atoms with Crippen LogP contribution in [0.1, 0.15) is 30.7 Å². The molecule has 124 valence electrons. The minimum Gasteiger partial charge on any atom is -0.465 e. The van der Waals surface area contributed by atoms with E-state index in [2.05, 4.69) is 14.5 Å². The van der Waals surface area contributed by atoms with Gasteiger partial charge in [0.2, 0.25) is 5.79 Å². The largest absolute Gasteiger partial charge is 0.465 e. The lowest BCUT2D eigenvalue weighted by Crippen LogP contribution is -2.36. The van der Waals surface area contributed by atoms with E-state index in [0.29, 0.717) is 22.6 Å². The Kier molecular flexibility index (Phi) is 4.70. The highest BCUT2D eigenvalue weighted by Crippen LogP contribution is 2.35. The number of ether oxygens (including phenoxy) is 4. The third-order valence-corrected chi connectivity index (χ3v) is 3.37. The predicted molar refractivity (Wildman–Crippen MR) is 80.5 cm³/mol. The normalized spacial score (nSPS) is 15.0. The molecule has 2 heterocycles. The molecule has 0 spiro atoms. The SMILES string of the molecule is COC(=O)C(=Cc1cnc(C)c2c1COC(C)(C)O2)C(=O)OC. The molecule has 0 aliphatic carbocycles.